The number of aliphatic imine (C=N–C) groups is 1. The number of rotatable bonds is 6. The Kier molecular flexibility index (Phi) is 5.94. The summed E-state index contributed by atoms with van der Waals surface area (Å²) in [6.45, 7) is 0.696. The monoisotopic (exact) mass is 307 g/mol. The fraction of sp³-hybridized carbons (Fsp3) is 0.800. The number of carbonyl (C=O) groups excluding carboxylic acids is 1. The van der Waals surface area contributed by atoms with Crippen molar-refractivity contribution in [1.82, 2.24) is 4.90 Å². The number of likely N-dealkylation sites (tertiary alicyclic amines) is 1. The average molecular weight is 307 g/mol. The van der Waals surface area contributed by atoms with Gasteiger partial charge in [-0.3, -0.25) is 14.4 Å². The minimum Gasteiger partial charge on any atom is -0.370 e. The van der Waals surface area contributed by atoms with Crippen LogP contribution in [-0.4, -0.2) is 51.5 Å². The molecular formula is C10H22N5O4P. The summed E-state index contributed by atoms with van der Waals surface area (Å²) in [7, 11) is -4.31. The summed E-state index contributed by atoms with van der Waals surface area (Å²) in [6.07, 6.45) is 1.76. The zero-order chi connectivity index (χ0) is 15.3. The highest BCUT2D eigenvalue weighted by Crippen LogP contribution is 2.47. The van der Waals surface area contributed by atoms with Crippen LogP contribution in [0.4, 0.5) is 0 Å². The van der Waals surface area contributed by atoms with Gasteiger partial charge < -0.3 is 31.9 Å². The van der Waals surface area contributed by atoms with Crippen LogP contribution in [-0.2, 0) is 9.36 Å². The Morgan fingerprint density at radius 1 is 1.45 bits per heavy atom. The van der Waals surface area contributed by atoms with E-state index in [1.807, 2.05) is 0 Å². The zero-order valence-corrected chi connectivity index (χ0v) is 12.1. The molecule has 0 aliphatic carbocycles. The van der Waals surface area contributed by atoms with Gasteiger partial charge in [-0.2, -0.15) is 0 Å². The molecule has 1 heterocycles. The molecular weight excluding hydrogens is 285 g/mol. The quantitative estimate of drug-likeness (QED) is 0.172. The molecule has 9 nitrogen and oxygen atoms in total. The van der Waals surface area contributed by atoms with Crippen molar-refractivity contribution < 1.29 is 19.1 Å². The van der Waals surface area contributed by atoms with Crippen molar-refractivity contribution in [3.8, 4) is 0 Å². The topological polar surface area (TPSA) is 168 Å². The third-order valence-corrected chi connectivity index (χ3v) is 4.49. The first-order chi connectivity index (χ1) is 9.23. The largest absolute Gasteiger partial charge is 0.370 e. The highest BCUT2D eigenvalue weighted by molar-refractivity contribution is 7.52. The molecule has 0 spiro atoms. The third-order valence-electron chi connectivity index (χ3n) is 3.18. The predicted molar refractivity (Wildman–Crippen MR) is 74.7 cm³/mol. The molecule has 1 aliphatic rings. The van der Waals surface area contributed by atoms with Crippen molar-refractivity contribution in [1.29, 1.82) is 0 Å². The van der Waals surface area contributed by atoms with Gasteiger partial charge >= 0.3 is 7.60 Å². The SMILES string of the molecule is NC(N)=NCCC[C@H](N)C(=O)N1CCC[C@@H]1P(=O)(O)O. The van der Waals surface area contributed by atoms with Gasteiger partial charge in [0.25, 0.3) is 0 Å². The van der Waals surface area contributed by atoms with Gasteiger partial charge in [-0.15, -0.1) is 0 Å². The first-order valence-corrected chi connectivity index (χ1v) is 8.08. The van der Waals surface area contributed by atoms with E-state index in [2.05, 4.69) is 4.99 Å². The van der Waals surface area contributed by atoms with Crippen LogP contribution in [0.15, 0.2) is 4.99 Å². The highest BCUT2D eigenvalue weighted by atomic mass is 31.2. The van der Waals surface area contributed by atoms with Gasteiger partial charge in [0, 0.05) is 13.1 Å². The van der Waals surface area contributed by atoms with E-state index >= 15 is 0 Å². The second kappa shape index (κ2) is 7.03. The van der Waals surface area contributed by atoms with E-state index in [1.54, 1.807) is 0 Å². The molecule has 0 radical (unpaired) electrons. The Bertz CT molecular complexity index is 420. The van der Waals surface area contributed by atoms with Crippen molar-refractivity contribution in [3.63, 3.8) is 0 Å². The summed E-state index contributed by atoms with van der Waals surface area (Å²) >= 11 is 0. The molecule has 10 heteroatoms. The molecule has 0 bridgehead atoms. The Morgan fingerprint density at radius 3 is 2.65 bits per heavy atom. The van der Waals surface area contributed by atoms with Gasteiger partial charge in [0.05, 0.1) is 6.04 Å². The number of guanidine groups is 1. The van der Waals surface area contributed by atoms with Crippen molar-refractivity contribution in [2.45, 2.75) is 37.5 Å². The van der Waals surface area contributed by atoms with Crippen LogP contribution in [0.25, 0.3) is 0 Å². The van der Waals surface area contributed by atoms with E-state index in [1.165, 1.54) is 4.90 Å². The summed E-state index contributed by atoms with van der Waals surface area (Å²) in [5.74, 6) is -1.50. The van der Waals surface area contributed by atoms with Crippen molar-refractivity contribution in [3.05, 3.63) is 0 Å². The first kappa shape index (κ1) is 16.9. The van der Waals surface area contributed by atoms with E-state index in [0.717, 1.165) is 0 Å². The Hall–Kier alpha value is -1.15. The summed E-state index contributed by atoms with van der Waals surface area (Å²) < 4.78 is 11.3. The van der Waals surface area contributed by atoms with Crippen LogP contribution in [0.5, 0.6) is 0 Å². The van der Waals surface area contributed by atoms with Gasteiger partial charge in [-0.05, 0) is 25.7 Å². The first-order valence-electron chi connectivity index (χ1n) is 6.40. The van der Waals surface area contributed by atoms with Crippen molar-refractivity contribution in [2.75, 3.05) is 13.1 Å². The lowest BCUT2D eigenvalue weighted by molar-refractivity contribution is -0.132. The third kappa shape index (κ3) is 4.75. The Labute approximate surface area is 117 Å². The summed E-state index contributed by atoms with van der Waals surface area (Å²) in [5, 5.41) is 0. The maximum atomic E-state index is 12.1. The lowest BCUT2D eigenvalue weighted by Gasteiger charge is -2.27. The van der Waals surface area contributed by atoms with Gasteiger partial charge in [0.1, 0.15) is 5.78 Å². The van der Waals surface area contributed by atoms with Gasteiger partial charge in [0.2, 0.25) is 5.91 Å². The smallest absolute Gasteiger partial charge is 0.347 e. The molecule has 0 saturated carbocycles. The Morgan fingerprint density at radius 2 is 2.10 bits per heavy atom. The molecule has 1 amide bonds. The van der Waals surface area contributed by atoms with E-state index in [-0.39, 0.29) is 5.96 Å². The molecule has 20 heavy (non-hydrogen) atoms. The summed E-state index contributed by atoms with van der Waals surface area (Å²) in [6, 6.07) is -0.795. The molecule has 8 N–H and O–H groups in total. The predicted octanol–water partition coefficient (Wildman–Crippen LogP) is -1.51. The maximum absolute atomic E-state index is 12.1. The molecule has 116 valence electrons. The van der Waals surface area contributed by atoms with Gasteiger partial charge in [0.15, 0.2) is 5.96 Å². The van der Waals surface area contributed by atoms with Crippen molar-refractivity contribution in [2.24, 2.45) is 22.2 Å². The van der Waals surface area contributed by atoms with Crippen LogP contribution in [0, 0.1) is 0 Å². The number of nitrogens with zero attached hydrogens (tertiary/aromatic N) is 2. The number of carbonyl (C=O) groups is 1. The van der Waals surface area contributed by atoms with Crippen LogP contribution in [0.2, 0.25) is 0 Å². The van der Waals surface area contributed by atoms with E-state index in [9.17, 15) is 19.1 Å². The second-order valence-corrected chi connectivity index (χ2v) is 6.57. The lowest BCUT2D eigenvalue weighted by atomic mass is 10.1. The fourth-order valence-corrected chi connectivity index (χ4v) is 3.32. The van der Waals surface area contributed by atoms with Gasteiger partial charge in [-0.25, -0.2) is 0 Å². The lowest BCUT2D eigenvalue weighted by Crippen LogP contribution is -2.45. The molecule has 1 saturated heterocycles. The second-order valence-electron chi connectivity index (χ2n) is 4.80. The minimum absolute atomic E-state index is 0.0222. The maximum Gasteiger partial charge on any atom is 0.347 e. The van der Waals surface area contributed by atoms with Gasteiger partial charge in [-0.1, -0.05) is 0 Å². The minimum atomic E-state index is -4.31. The number of nitrogens with two attached hydrogens (primary N) is 3. The molecule has 0 aromatic rings. The number of hydrogen-bond acceptors (Lipinski definition) is 4. The zero-order valence-electron chi connectivity index (χ0n) is 11.2. The molecule has 1 aliphatic heterocycles. The van der Waals surface area contributed by atoms with Crippen LogP contribution >= 0.6 is 7.60 Å². The van der Waals surface area contributed by atoms with Crippen LogP contribution in [0.1, 0.15) is 25.7 Å². The van der Waals surface area contributed by atoms with Crippen LogP contribution < -0.4 is 17.2 Å². The van der Waals surface area contributed by atoms with Crippen LogP contribution in [0.3, 0.4) is 0 Å². The normalized spacial score (nSPS) is 20.8. The molecule has 0 aromatic heterocycles. The molecule has 2 atom stereocenters. The van der Waals surface area contributed by atoms with E-state index < -0.39 is 25.3 Å². The molecule has 0 unspecified atom stereocenters. The van der Waals surface area contributed by atoms with E-state index in [4.69, 9.17) is 17.2 Å². The van der Waals surface area contributed by atoms with E-state index in [0.29, 0.717) is 38.8 Å². The average Bonchev–Trinajstić information content (AvgIpc) is 2.82. The molecule has 0 aromatic carbocycles. The summed E-state index contributed by atoms with van der Waals surface area (Å²) in [4.78, 5) is 35.5. The fourth-order valence-electron chi connectivity index (χ4n) is 2.21. The standard InChI is InChI=1S/C10H22N5O4P/c11-7(3-1-5-14-10(12)13)9(16)15-6-2-4-8(15)20(17,18)19/h7-8H,1-6,11H2,(H4,12,13,14)(H2,17,18,19)/t7-,8-/m0/s1. The Balaban J connectivity index is 2.52. The number of amides is 1. The summed E-state index contributed by atoms with van der Waals surface area (Å²) in [5.41, 5.74) is 16.1. The van der Waals surface area contributed by atoms with Crippen molar-refractivity contribution >= 4 is 19.5 Å². The molecule has 1 fully saturated rings. The molecule has 1 rings (SSSR count). The number of hydrogen-bond donors (Lipinski definition) is 5. The highest BCUT2D eigenvalue weighted by Gasteiger charge is 2.41.